The Morgan fingerprint density at radius 3 is 2.81 bits per heavy atom. The van der Waals surface area contributed by atoms with Gasteiger partial charge in [0, 0.05) is 10.2 Å². The van der Waals surface area contributed by atoms with Gasteiger partial charge in [-0.25, -0.2) is 4.79 Å². The van der Waals surface area contributed by atoms with Gasteiger partial charge < -0.3 is 10.5 Å². The highest BCUT2D eigenvalue weighted by Gasteiger charge is 2.16. The van der Waals surface area contributed by atoms with E-state index in [-0.39, 0.29) is 0 Å². The summed E-state index contributed by atoms with van der Waals surface area (Å²) in [4.78, 5) is 11.7. The van der Waals surface area contributed by atoms with Gasteiger partial charge in [0.05, 0.1) is 5.56 Å². The van der Waals surface area contributed by atoms with Gasteiger partial charge in [-0.05, 0) is 31.5 Å². The van der Waals surface area contributed by atoms with Crippen molar-refractivity contribution < 1.29 is 9.53 Å². The molecular weight excluding hydrogens is 272 g/mol. The van der Waals surface area contributed by atoms with Gasteiger partial charge in [0.1, 0.15) is 6.07 Å². The van der Waals surface area contributed by atoms with Gasteiger partial charge in [-0.1, -0.05) is 15.9 Å². The second-order valence-corrected chi connectivity index (χ2v) is 4.26. The SMILES string of the molecule is Cc1c(N)cc(Br)cc1C(=O)OC(C)C#N. The number of carbonyl (C=O) groups excluding carboxylic acids is 1. The van der Waals surface area contributed by atoms with Crippen molar-refractivity contribution >= 4 is 27.6 Å². The summed E-state index contributed by atoms with van der Waals surface area (Å²) in [5, 5.41) is 8.55. The van der Waals surface area contributed by atoms with Crippen LogP contribution in [-0.4, -0.2) is 12.1 Å². The van der Waals surface area contributed by atoms with Gasteiger partial charge >= 0.3 is 5.97 Å². The molecule has 5 heteroatoms. The number of esters is 1. The van der Waals surface area contributed by atoms with Crippen LogP contribution in [0.2, 0.25) is 0 Å². The summed E-state index contributed by atoms with van der Waals surface area (Å²) in [7, 11) is 0. The molecule has 0 aliphatic rings. The number of nitrogens with two attached hydrogens (primary N) is 1. The van der Waals surface area contributed by atoms with E-state index in [9.17, 15) is 4.79 Å². The van der Waals surface area contributed by atoms with Gasteiger partial charge in [-0.3, -0.25) is 0 Å². The number of anilines is 1. The lowest BCUT2D eigenvalue weighted by molar-refractivity contribution is 0.0434. The number of ether oxygens (including phenoxy) is 1. The molecule has 0 aliphatic carbocycles. The predicted octanol–water partition coefficient (Wildman–Crippen LogP) is 2.41. The molecule has 0 amide bonds. The highest BCUT2D eigenvalue weighted by atomic mass is 79.9. The van der Waals surface area contributed by atoms with Gasteiger partial charge in [0.25, 0.3) is 0 Å². The number of halogens is 1. The first-order valence-electron chi connectivity index (χ1n) is 4.62. The van der Waals surface area contributed by atoms with Crippen molar-refractivity contribution in [3.8, 4) is 6.07 Å². The normalized spacial score (nSPS) is 11.6. The molecule has 0 saturated heterocycles. The smallest absolute Gasteiger partial charge is 0.339 e. The second kappa shape index (κ2) is 4.99. The summed E-state index contributed by atoms with van der Waals surface area (Å²) >= 11 is 3.25. The number of nitrogen functional groups attached to an aromatic ring is 1. The van der Waals surface area contributed by atoms with Gasteiger partial charge in [0.2, 0.25) is 0 Å². The summed E-state index contributed by atoms with van der Waals surface area (Å²) in [6.45, 7) is 3.24. The fourth-order valence-electron chi connectivity index (χ4n) is 1.16. The Balaban J connectivity index is 3.05. The number of benzene rings is 1. The molecule has 2 N–H and O–H groups in total. The zero-order valence-electron chi connectivity index (χ0n) is 8.95. The minimum Gasteiger partial charge on any atom is -0.444 e. The first-order chi connectivity index (χ1) is 7.45. The van der Waals surface area contributed by atoms with E-state index >= 15 is 0 Å². The molecule has 1 atom stereocenters. The summed E-state index contributed by atoms with van der Waals surface area (Å²) in [5.41, 5.74) is 7.25. The molecule has 0 bridgehead atoms. The average Bonchev–Trinajstić information content (AvgIpc) is 2.22. The van der Waals surface area contributed by atoms with E-state index in [0.717, 1.165) is 0 Å². The van der Waals surface area contributed by atoms with Crippen molar-refractivity contribution in [3.63, 3.8) is 0 Å². The molecule has 0 fully saturated rings. The van der Waals surface area contributed by atoms with Crippen LogP contribution in [0.15, 0.2) is 16.6 Å². The Labute approximate surface area is 102 Å². The first-order valence-corrected chi connectivity index (χ1v) is 5.41. The van der Waals surface area contributed by atoms with Crippen LogP contribution >= 0.6 is 15.9 Å². The van der Waals surface area contributed by atoms with E-state index in [1.165, 1.54) is 6.92 Å². The van der Waals surface area contributed by atoms with E-state index in [4.69, 9.17) is 15.7 Å². The van der Waals surface area contributed by atoms with Crippen molar-refractivity contribution in [2.45, 2.75) is 20.0 Å². The average molecular weight is 283 g/mol. The first kappa shape index (κ1) is 12.5. The van der Waals surface area contributed by atoms with Crippen LogP contribution in [0.3, 0.4) is 0 Å². The van der Waals surface area contributed by atoms with E-state index in [1.54, 1.807) is 19.1 Å². The number of nitriles is 1. The van der Waals surface area contributed by atoms with Crippen molar-refractivity contribution in [1.29, 1.82) is 5.26 Å². The molecule has 84 valence electrons. The molecule has 0 aliphatic heterocycles. The maximum atomic E-state index is 11.7. The fourth-order valence-corrected chi connectivity index (χ4v) is 1.64. The molecule has 0 radical (unpaired) electrons. The topological polar surface area (TPSA) is 76.1 Å². The maximum absolute atomic E-state index is 11.7. The zero-order chi connectivity index (χ0) is 12.3. The van der Waals surface area contributed by atoms with Crippen LogP contribution in [0.1, 0.15) is 22.8 Å². The molecule has 0 aromatic heterocycles. The number of rotatable bonds is 2. The predicted molar refractivity (Wildman–Crippen MR) is 63.8 cm³/mol. The minimum absolute atomic E-state index is 0.369. The van der Waals surface area contributed by atoms with Crippen molar-refractivity contribution in [2.75, 3.05) is 5.73 Å². The zero-order valence-corrected chi connectivity index (χ0v) is 10.5. The Morgan fingerprint density at radius 2 is 2.25 bits per heavy atom. The third kappa shape index (κ3) is 2.74. The van der Waals surface area contributed by atoms with E-state index in [1.807, 2.05) is 6.07 Å². The van der Waals surface area contributed by atoms with Crippen LogP contribution in [0.25, 0.3) is 0 Å². The summed E-state index contributed by atoms with van der Waals surface area (Å²) in [6.07, 6.45) is -0.771. The lowest BCUT2D eigenvalue weighted by atomic mass is 10.1. The minimum atomic E-state index is -0.771. The van der Waals surface area contributed by atoms with Crippen molar-refractivity contribution in [2.24, 2.45) is 0 Å². The molecule has 0 heterocycles. The van der Waals surface area contributed by atoms with E-state index < -0.39 is 12.1 Å². The lowest BCUT2D eigenvalue weighted by Crippen LogP contribution is -2.14. The van der Waals surface area contributed by atoms with Crippen LogP contribution in [0, 0.1) is 18.3 Å². The van der Waals surface area contributed by atoms with Gasteiger partial charge in [0.15, 0.2) is 6.10 Å². The third-order valence-corrected chi connectivity index (χ3v) is 2.56. The molecule has 1 aromatic rings. The van der Waals surface area contributed by atoms with Crippen LogP contribution < -0.4 is 5.73 Å². The molecule has 4 nitrogen and oxygen atoms in total. The monoisotopic (exact) mass is 282 g/mol. The molecule has 1 unspecified atom stereocenters. The summed E-state index contributed by atoms with van der Waals surface area (Å²) in [5.74, 6) is -0.542. The van der Waals surface area contributed by atoms with Crippen LogP contribution in [0.4, 0.5) is 5.69 Å². The summed E-state index contributed by atoms with van der Waals surface area (Å²) < 4.78 is 5.60. The number of nitrogens with zero attached hydrogens (tertiary/aromatic N) is 1. The molecule has 0 spiro atoms. The Kier molecular flexibility index (Phi) is 3.91. The Hall–Kier alpha value is -1.54. The number of hydrogen-bond donors (Lipinski definition) is 1. The Bertz CT molecular complexity index is 466. The van der Waals surface area contributed by atoms with Crippen LogP contribution in [0.5, 0.6) is 0 Å². The van der Waals surface area contributed by atoms with Crippen LogP contribution in [-0.2, 0) is 4.74 Å². The standard InChI is InChI=1S/C11H11BrN2O2/c1-6(5-13)16-11(15)9-3-8(12)4-10(14)7(9)2/h3-4,6H,14H2,1-2H3. The third-order valence-electron chi connectivity index (χ3n) is 2.10. The molecule has 16 heavy (non-hydrogen) atoms. The second-order valence-electron chi connectivity index (χ2n) is 3.34. The van der Waals surface area contributed by atoms with Gasteiger partial charge in [-0.2, -0.15) is 5.26 Å². The largest absolute Gasteiger partial charge is 0.444 e. The molecule has 0 saturated carbocycles. The highest BCUT2D eigenvalue weighted by Crippen LogP contribution is 2.23. The molecular formula is C11H11BrN2O2. The fraction of sp³-hybridized carbons (Fsp3) is 0.273. The molecule has 1 rings (SSSR count). The van der Waals surface area contributed by atoms with E-state index in [0.29, 0.717) is 21.3 Å². The quantitative estimate of drug-likeness (QED) is 0.668. The molecule has 1 aromatic carbocycles. The number of carbonyl (C=O) groups is 1. The Morgan fingerprint density at radius 1 is 1.62 bits per heavy atom. The summed E-state index contributed by atoms with van der Waals surface area (Å²) in [6, 6.07) is 5.16. The van der Waals surface area contributed by atoms with Crippen molar-refractivity contribution in [3.05, 3.63) is 27.7 Å². The van der Waals surface area contributed by atoms with Gasteiger partial charge in [-0.15, -0.1) is 0 Å². The maximum Gasteiger partial charge on any atom is 0.339 e. The van der Waals surface area contributed by atoms with E-state index in [2.05, 4.69) is 15.9 Å². The lowest BCUT2D eigenvalue weighted by Gasteiger charge is -2.10. The number of hydrogen-bond acceptors (Lipinski definition) is 4. The highest BCUT2D eigenvalue weighted by molar-refractivity contribution is 9.10. The van der Waals surface area contributed by atoms with Crippen molar-refractivity contribution in [1.82, 2.24) is 0 Å².